The number of carbonyl (C=O) groups is 1. The maximum atomic E-state index is 11.6. The molecule has 15 heavy (non-hydrogen) atoms. The molecule has 0 fully saturated rings. The Kier molecular flexibility index (Phi) is 4.40. The van der Waals surface area contributed by atoms with Gasteiger partial charge in [-0.05, 0) is 31.9 Å². The molecule has 3 nitrogen and oxygen atoms in total. The molecule has 0 amide bonds. The van der Waals surface area contributed by atoms with Gasteiger partial charge in [0.15, 0.2) is 0 Å². The second-order valence-corrected chi connectivity index (χ2v) is 3.82. The third-order valence-electron chi connectivity index (χ3n) is 2.52. The third kappa shape index (κ3) is 3.42. The zero-order chi connectivity index (χ0) is 11.3. The fourth-order valence-corrected chi connectivity index (χ4v) is 1.32. The lowest BCUT2D eigenvalue weighted by atomic mass is 10.1. The first-order valence-electron chi connectivity index (χ1n) is 5.44. The van der Waals surface area contributed by atoms with E-state index in [-0.39, 0.29) is 5.97 Å². The van der Waals surface area contributed by atoms with E-state index < -0.39 is 0 Å². The number of esters is 1. The van der Waals surface area contributed by atoms with Crippen molar-refractivity contribution < 1.29 is 9.53 Å². The zero-order valence-corrected chi connectivity index (χ0v) is 9.72. The monoisotopic (exact) mass is 209 g/mol. The van der Waals surface area contributed by atoms with Gasteiger partial charge in [0.25, 0.3) is 0 Å². The highest BCUT2D eigenvalue weighted by molar-refractivity contribution is 5.90. The predicted molar refractivity (Wildman–Crippen MR) is 60.3 cm³/mol. The van der Waals surface area contributed by atoms with Crippen molar-refractivity contribution in [1.82, 2.24) is 5.32 Å². The van der Waals surface area contributed by atoms with Crippen molar-refractivity contribution in [2.24, 2.45) is 0 Å². The van der Waals surface area contributed by atoms with Crippen LogP contribution < -0.4 is 5.32 Å². The molecule has 0 radical (unpaired) electrons. The highest BCUT2D eigenvalue weighted by Crippen LogP contribution is 2.12. The van der Waals surface area contributed by atoms with Crippen LogP contribution in [0.25, 0.3) is 0 Å². The van der Waals surface area contributed by atoms with E-state index >= 15 is 0 Å². The Morgan fingerprint density at radius 2 is 2.27 bits per heavy atom. The van der Waals surface area contributed by atoms with Crippen LogP contribution >= 0.6 is 0 Å². The molecule has 0 spiro atoms. The van der Waals surface area contributed by atoms with Crippen molar-refractivity contribution >= 4 is 5.97 Å². The van der Waals surface area contributed by atoms with Gasteiger partial charge in [0.1, 0.15) is 0 Å². The van der Waals surface area contributed by atoms with E-state index in [1.807, 2.05) is 19.9 Å². The average molecular weight is 209 g/mol. The minimum absolute atomic E-state index is 0.192. The molecule has 1 heterocycles. The van der Waals surface area contributed by atoms with Gasteiger partial charge in [-0.15, -0.1) is 0 Å². The topological polar surface area (TPSA) is 38.3 Å². The molecular weight excluding hydrogens is 190 g/mol. The van der Waals surface area contributed by atoms with Crippen LogP contribution in [-0.2, 0) is 9.53 Å². The van der Waals surface area contributed by atoms with Crippen LogP contribution in [0.15, 0.2) is 22.9 Å². The van der Waals surface area contributed by atoms with Gasteiger partial charge in [-0.2, -0.15) is 0 Å². The van der Waals surface area contributed by atoms with E-state index in [4.69, 9.17) is 4.74 Å². The van der Waals surface area contributed by atoms with Crippen molar-refractivity contribution in [3.8, 4) is 0 Å². The molecule has 0 aromatic heterocycles. The second-order valence-electron chi connectivity index (χ2n) is 3.82. The fraction of sp³-hybridized carbons (Fsp3) is 0.583. The lowest BCUT2D eigenvalue weighted by Crippen LogP contribution is -2.25. The number of hydrogen-bond donors (Lipinski definition) is 1. The molecule has 1 N–H and O–H groups in total. The Morgan fingerprint density at radius 1 is 1.53 bits per heavy atom. The van der Waals surface area contributed by atoms with E-state index in [9.17, 15) is 4.79 Å². The maximum absolute atomic E-state index is 11.6. The van der Waals surface area contributed by atoms with Gasteiger partial charge >= 0.3 is 5.97 Å². The number of unbranched alkanes of at least 4 members (excludes halogenated alkanes) is 1. The van der Waals surface area contributed by atoms with Crippen LogP contribution in [0.5, 0.6) is 0 Å². The van der Waals surface area contributed by atoms with Crippen LogP contribution in [0, 0.1) is 0 Å². The van der Waals surface area contributed by atoms with E-state index in [1.165, 1.54) is 0 Å². The number of nitrogens with one attached hydrogen (secondary N) is 1. The molecule has 3 heteroatoms. The number of ether oxygens (including phenoxy) is 1. The number of dihydropyridines is 1. The molecule has 1 aliphatic rings. The molecule has 1 aliphatic heterocycles. The molecule has 0 unspecified atom stereocenters. The minimum Gasteiger partial charge on any atom is -0.462 e. The standard InChI is InChI=1S/C12H19NO2/c1-4-5-6-15-12(14)11-7-9(2)10(3)13-8-11/h7,13H,4-6,8H2,1-3H3. The van der Waals surface area contributed by atoms with Gasteiger partial charge in [-0.25, -0.2) is 4.79 Å². The van der Waals surface area contributed by atoms with Gasteiger partial charge in [0.05, 0.1) is 12.2 Å². The summed E-state index contributed by atoms with van der Waals surface area (Å²) in [4.78, 5) is 11.6. The molecule has 84 valence electrons. The van der Waals surface area contributed by atoms with Gasteiger partial charge in [0.2, 0.25) is 0 Å². The van der Waals surface area contributed by atoms with Crippen LogP contribution in [0.2, 0.25) is 0 Å². The van der Waals surface area contributed by atoms with Gasteiger partial charge in [-0.1, -0.05) is 13.3 Å². The Balaban J connectivity index is 2.51. The van der Waals surface area contributed by atoms with Crippen LogP contribution in [0.3, 0.4) is 0 Å². The van der Waals surface area contributed by atoms with Gasteiger partial charge in [0, 0.05) is 12.2 Å². The summed E-state index contributed by atoms with van der Waals surface area (Å²) in [6, 6.07) is 0. The van der Waals surface area contributed by atoms with E-state index in [1.54, 1.807) is 0 Å². The number of carbonyl (C=O) groups excluding carboxylic acids is 1. The molecule has 0 atom stereocenters. The molecule has 0 saturated heterocycles. The summed E-state index contributed by atoms with van der Waals surface area (Å²) in [6.45, 7) is 7.17. The summed E-state index contributed by atoms with van der Waals surface area (Å²) in [6.07, 6.45) is 3.88. The van der Waals surface area contributed by atoms with Gasteiger partial charge < -0.3 is 10.1 Å². The molecular formula is C12H19NO2. The summed E-state index contributed by atoms with van der Waals surface area (Å²) in [5, 5.41) is 3.16. The van der Waals surface area contributed by atoms with Crippen molar-refractivity contribution in [2.75, 3.05) is 13.2 Å². The van der Waals surface area contributed by atoms with E-state index in [0.717, 1.165) is 24.1 Å². The highest BCUT2D eigenvalue weighted by Gasteiger charge is 2.14. The third-order valence-corrected chi connectivity index (χ3v) is 2.52. The Labute approximate surface area is 91.2 Å². The van der Waals surface area contributed by atoms with Crippen molar-refractivity contribution in [2.45, 2.75) is 33.6 Å². The molecule has 0 bridgehead atoms. The summed E-state index contributed by atoms with van der Waals surface area (Å²) >= 11 is 0. The van der Waals surface area contributed by atoms with Crippen molar-refractivity contribution in [3.05, 3.63) is 22.9 Å². The van der Waals surface area contributed by atoms with Gasteiger partial charge in [-0.3, -0.25) is 0 Å². The summed E-state index contributed by atoms with van der Waals surface area (Å²) in [7, 11) is 0. The highest BCUT2D eigenvalue weighted by atomic mass is 16.5. The first kappa shape index (κ1) is 11.8. The lowest BCUT2D eigenvalue weighted by Gasteiger charge is -2.17. The molecule has 0 aromatic carbocycles. The summed E-state index contributed by atoms with van der Waals surface area (Å²) in [5.41, 5.74) is 2.94. The predicted octanol–water partition coefficient (Wildman–Crippen LogP) is 2.15. The molecule has 1 rings (SSSR count). The largest absolute Gasteiger partial charge is 0.462 e. The Hall–Kier alpha value is -1.25. The number of hydrogen-bond acceptors (Lipinski definition) is 3. The second kappa shape index (κ2) is 5.59. The summed E-state index contributed by atoms with van der Waals surface area (Å²) in [5.74, 6) is -0.192. The SMILES string of the molecule is CCCCOC(=O)C1=CC(C)=C(C)NC1. The smallest absolute Gasteiger partial charge is 0.335 e. The molecule has 0 aromatic rings. The number of rotatable bonds is 4. The van der Waals surface area contributed by atoms with Crippen LogP contribution in [0.4, 0.5) is 0 Å². The first-order valence-corrected chi connectivity index (χ1v) is 5.44. The first-order chi connectivity index (χ1) is 7.15. The summed E-state index contributed by atoms with van der Waals surface area (Å²) < 4.78 is 5.14. The average Bonchev–Trinajstić information content (AvgIpc) is 2.22. The molecule has 0 saturated carbocycles. The van der Waals surface area contributed by atoms with E-state index in [2.05, 4.69) is 12.2 Å². The lowest BCUT2D eigenvalue weighted by molar-refractivity contribution is -0.139. The normalized spacial score (nSPS) is 15.8. The maximum Gasteiger partial charge on any atom is 0.335 e. The van der Waals surface area contributed by atoms with E-state index in [0.29, 0.717) is 18.7 Å². The zero-order valence-electron chi connectivity index (χ0n) is 9.72. The molecule has 0 aliphatic carbocycles. The number of allylic oxidation sites excluding steroid dienone is 3. The fourth-order valence-electron chi connectivity index (χ4n) is 1.32. The van der Waals surface area contributed by atoms with Crippen LogP contribution in [0.1, 0.15) is 33.6 Å². The Morgan fingerprint density at radius 3 is 2.87 bits per heavy atom. The van der Waals surface area contributed by atoms with Crippen molar-refractivity contribution in [3.63, 3.8) is 0 Å². The Bertz CT molecular complexity index is 303. The quantitative estimate of drug-likeness (QED) is 0.569. The van der Waals surface area contributed by atoms with Crippen LogP contribution in [-0.4, -0.2) is 19.1 Å². The van der Waals surface area contributed by atoms with Crippen molar-refractivity contribution in [1.29, 1.82) is 0 Å². The minimum atomic E-state index is -0.192.